The van der Waals surface area contributed by atoms with Crippen LogP contribution in [0.4, 0.5) is 11.4 Å². The van der Waals surface area contributed by atoms with E-state index in [1.54, 1.807) is 17.0 Å². The molecule has 2 aromatic rings. The van der Waals surface area contributed by atoms with E-state index in [1.807, 2.05) is 38.1 Å². The van der Waals surface area contributed by atoms with Crippen LogP contribution in [-0.2, 0) is 4.79 Å². The molecular formula is C17H18N2O3S. The Hall–Kier alpha value is -2.34. The number of aryl methyl sites for hydroxylation is 1. The van der Waals surface area contributed by atoms with E-state index in [1.165, 1.54) is 23.9 Å². The van der Waals surface area contributed by atoms with Crippen molar-refractivity contribution in [3.63, 3.8) is 0 Å². The lowest BCUT2D eigenvalue weighted by atomic mass is 10.2. The number of nitro benzene ring substituents is 1. The lowest BCUT2D eigenvalue weighted by Crippen LogP contribution is -2.32. The second-order valence-corrected chi connectivity index (χ2v) is 6.01. The fourth-order valence-corrected chi connectivity index (χ4v) is 3.01. The Balaban J connectivity index is 2.03. The molecule has 0 aliphatic heterocycles. The first-order valence-corrected chi connectivity index (χ1v) is 8.24. The number of carbonyl (C=O) groups excluding carboxylic acids is 1. The zero-order chi connectivity index (χ0) is 16.8. The van der Waals surface area contributed by atoms with E-state index in [2.05, 4.69) is 0 Å². The molecule has 0 aliphatic carbocycles. The normalized spacial score (nSPS) is 10.3. The van der Waals surface area contributed by atoms with Gasteiger partial charge in [-0.05, 0) is 37.6 Å². The van der Waals surface area contributed by atoms with Crippen LogP contribution < -0.4 is 4.90 Å². The molecular weight excluding hydrogens is 312 g/mol. The Kier molecular flexibility index (Phi) is 5.76. The van der Waals surface area contributed by atoms with Crippen molar-refractivity contribution < 1.29 is 9.72 Å². The number of hydrogen-bond donors (Lipinski definition) is 0. The number of hydrogen-bond acceptors (Lipinski definition) is 4. The van der Waals surface area contributed by atoms with Gasteiger partial charge in [0.05, 0.1) is 10.7 Å². The van der Waals surface area contributed by atoms with E-state index in [9.17, 15) is 14.9 Å². The van der Waals surface area contributed by atoms with Gasteiger partial charge >= 0.3 is 0 Å². The summed E-state index contributed by atoms with van der Waals surface area (Å²) in [5.41, 5.74) is 2.03. The highest BCUT2D eigenvalue weighted by Gasteiger charge is 2.16. The predicted molar refractivity (Wildman–Crippen MR) is 93.0 cm³/mol. The van der Waals surface area contributed by atoms with Gasteiger partial charge < -0.3 is 4.90 Å². The summed E-state index contributed by atoms with van der Waals surface area (Å²) in [5.74, 6) is 0.310. The lowest BCUT2D eigenvalue weighted by Gasteiger charge is -2.22. The minimum Gasteiger partial charge on any atom is -0.312 e. The zero-order valence-electron chi connectivity index (χ0n) is 13.1. The van der Waals surface area contributed by atoms with Crippen LogP contribution in [0.3, 0.4) is 0 Å². The first kappa shape index (κ1) is 17.0. The molecule has 0 bridgehead atoms. The molecule has 0 unspecified atom stereocenters. The predicted octanol–water partition coefficient (Wildman–Crippen LogP) is 4.05. The summed E-state index contributed by atoms with van der Waals surface area (Å²) in [6.45, 7) is 4.53. The van der Waals surface area contributed by atoms with Crippen LogP contribution in [0.1, 0.15) is 12.5 Å². The maximum Gasteiger partial charge on any atom is 0.269 e. The number of amides is 1. The van der Waals surface area contributed by atoms with E-state index < -0.39 is 4.92 Å². The van der Waals surface area contributed by atoms with E-state index in [0.717, 1.165) is 16.1 Å². The summed E-state index contributed by atoms with van der Waals surface area (Å²) in [6.07, 6.45) is 0. The van der Waals surface area contributed by atoms with Gasteiger partial charge in [0.25, 0.3) is 5.69 Å². The van der Waals surface area contributed by atoms with Gasteiger partial charge in [-0.2, -0.15) is 0 Å². The number of thioether (sulfide) groups is 1. The Morgan fingerprint density at radius 1 is 1.17 bits per heavy atom. The average Bonchev–Trinajstić information content (AvgIpc) is 2.55. The van der Waals surface area contributed by atoms with Crippen LogP contribution in [0.25, 0.3) is 0 Å². The molecule has 2 rings (SSSR count). The molecule has 6 heteroatoms. The molecule has 0 aromatic heterocycles. The first-order valence-electron chi connectivity index (χ1n) is 7.26. The molecule has 0 saturated carbocycles. The van der Waals surface area contributed by atoms with Crippen LogP contribution in [0.2, 0.25) is 0 Å². The topological polar surface area (TPSA) is 63.5 Å². The minimum atomic E-state index is -0.434. The maximum absolute atomic E-state index is 12.5. The fraction of sp³-hybridized carbons (Fsp3) is 0.235. The van der Waals surface area contributed by atoms with Gasteiger partial charge in [0.15, 0.2) is 0 Å². The molecule has 0 N–H and O–H groups in total. The number of nitro groups is 1. The Morgan fingerprint density at radius 2 is 1.83 bits per heavy atom. The van der Waals surface area contributed by atoms with Gasteiger partial charge in [-0.1, -0.05) is 18.2 Å². The summed E-state index contributed by atoms with van der Waals surface area (Å²) in [5, 5.41) is 10.6. The molecule has 0 atom stereocenters. The lowest BCUT2D eigenvalue weighted by molar-refractivity contribution is -0.384. The molecule has 0 spiro atoms. The van der Waals surface area contributed by atoms with E-state index in [-0.39, 0.29) is 11.6 Å². The Bertz CT molecular complexity index is 701. The second kappa shape index (κ2) is 7.78. The van der Waals surface area contributed by atoms with Gasteiger partial charge in [-0.3, -0.25) is 14.9 Å². The van der Waals surface area contributed by atoms with E-state index in [4.69, 9.17) is 0 Å². The highest BCUT2D eigenvalue weighted by atomic mass is 32.2. The minimum absolute atomic E-state index is 0.0187. The summed E-state index contributed by atoms with van der Waals surface area (Å²) in [4.78, 5) is 25.3. The Morgan fingerprint density at radius 3 is 2.39 bits per heavy atom. The third kappa shape index (κ3) is 4.32. The third-order valence-corrected chi connectivity index (χ3v) is 4.43. The number of para-hydroxylation sites is 1. The largest absolute Gasteiger partial charge is 0.312 e. The number of non-ortho nitro benzene ring substituents is 1. The first-order chi connectivity index (χ1) is 11.0. The molecule has 5 nitrogen and oxygen atoms in total. The van der Waals surface area contributed by atoms with Gasteiger partial charge in [-0.15, -0.1) is 11.8 Å². The van der Waals surface area contributed by atoms with Crippen LogP contribution in [0.5, 0.6) is 0 Å². The van der Waals surface area contributed by atoms with Crippen LogP contribution in [0.15, 0.2) is 53.4 Å². The molecule has 0 heterocycles. The summed E-state index contributed by atoms with van der Waals surface area (Å²) in [7, 11) is 0. The number of benzene rings is 2. The number of carbonyl (C=O) groups is 1. The van der Waals surface area contributed by atoms with Crippen LogP contribution in [-0.4, -0.2) is 23.1 Å². The van der Waals surface area contributed by atoms with Gasteiger partial charge in [0.2, 0.25) is 5.91 Å². The highest BCUT2D eigenvalue weighted by Crippen LogP contribution is 2.24. The van der Waals surface area contributed by atoms with Gasteiger partial charge in [-0.25, -0.2) is 0 Å². The van der Waals surface area contributed by atoms with E-state index in [0.29, 0.717) is 12.3 Å². The molecule has 2 aromatic carbocycles. The van der Waals surface area contributed by atoms with Crippen LogP contribution >= 0.6 is 11.8 Å². The SMILES string of the molecule is CCN(C(=O)CSc1ccc([N+](=O)[O-])cc1)c1ccccc1C. The van der Waals surface area contributed by atoms with Crippen molar-refractivity contribution in [3.8, 4) is 0 Å². The number of anilines is 1. The van der Waals surface area contributed by atoms with Crippen molar-refractivity contribution in [2.75, 3.05) is 17.2 Å². The Labute approximate surface area is 139 Å². The van der Waals surface area contributed by atoms with Crippen molar-refractivity contribution in [2.45, 2.75) is 18.7 Å². The van der Waals surface area contributed by atoms with Gasteiger partial charge in [0, 0.05) is 29.3 Å². The number of nitrogens with zero attached hydrogens (tertiary/aromatic N) is 2. The maximum atomic E-state index is 12.5. The number of rotatable bonds is 6. The molecule has 23 heavy (non-hydrogen) atoms. The highest BCUT2D eigenvalue weighted by molar-refractivity contribution is 8.00. The molecule has 0 radical (unpaired) electrons. The molecule has 1 amide bonds. The smallest absolute Gasteiger partial charge is 0.269 e. The second-order valence-electron chi connectivity index (χ2n) is 4.96. The van der Waals surface area contributed by atoms with Crippen molar-refractivity contribution in [1.29, 1.82) is 0 Å². The summed E-state index contributed by atoms with van der Waals surface area (Å²) < 4.78 is 0. The molecule has 120 valence electrons. The zero-order valence-corrected chi connectivity index (χ0v) is 13.9. The van der Waals surface area contributed by atoms with Crippen molar-refractivity contribution in [1.82, 2.24) is 0 Å². The molecule has 0 saturated heterocycles. The summed E-state index contributed by atoms with van der Waals surface area (Å²) >= 11 is 1.38. The van der Waals surface area contributed by atoms with Crippen LogP contribution in [0, 0.1) is 17.0 Å². The quantitative estimate of drug-likeness (QED) is 0.455. The standard InChI is InChI=1S/C17H18N2O3S/c1-3-18(16-7-5-4-6-13(16)2)17(20)12-23-15-10-8-14(9-11-15)19(21)22/h4-11H,3,12H2,1-2H3. The third-order valence-electron chi connectivity index (χ3n) is 3.43. The van der Waals surface area contributed by atoms with Crippen molar-refractivity contribution >= 4 is 29.0 Å². The fourth-order valence-electron chi connectivity index (χ4n) is 2.23. The van der Waals surface area contributed by atoms with E-state index >= 15 is 0 Å². The average molecular weight is 330 g/mol. The molecule has 0 fully saturated rings. The van der Waals surface area contributed by atoms with Crippen molar-refractivity contribution in [3.05, 3.63) is 64.2 Å². The monoisotopic (exact) mass is 330 g/mol. The van der Waals surface area contributed by atoms with Gasteiger partial charge in [0.1, 0.15) is 0 Å². The summed E-state index contributed by atoms with van der Waals surface area (Å²) in [6, 6.07) is 14.0. The van der Waals surface area contributed by atoms with Crippen molar-refractivity contribution in [2.24, 2.45) is 0 Å². The molecule has 0 aliphatic rings.